The Morgan fingerprint density at radius 2 is 1.74 bits per heavy atom. The van der Waals surface area contributed by atoms with Crippen molar-refractivity contribution < 1.29 is 24.6 Å². The summed E-state index contributed by atoms with van der Waals surface area (Å²) in [6.45, 7) is 0. The fourth-order valence-corrected chi connectivity index (χ4v) is 2.13. The van der Waals surface area contributed by atoms with Crippen LogP contribution in [0.25, 0.3) is 0 Å². The van der Waals surface area contributed by atoms with Crippen LogP contribution in [0.5, 0.6) is 0 Å². The lowest BCUT2D eigenvalue weighted by Gasteiger charge is -2.06. The number of aliphatic carboxylic acids is 1. The molecule has 0 aliphatic heterocycles. The van der Waals surface area contributed by atoms with Gasteiger partial charge in [0.1, 0.15) is 11.6 Å². The number of nitriles is 1. The monoisotopic (exact) mass is 365 g/mol. The number of carboxylic acid groups (broad SMARTS) is 2. The minimum absolute atomic E-state index is 0.00913. The Bertz CT molecular complexity index is 943. The van der Waals surface area contributed by atoms with Crippen LogP contribution in [0, 0.1) is 11.3 Å². The van der Waals surface area contributed by atoms with Gasteiger partial charge in [0, 0.05) is 17.6 Å². The summed E-state index contributed by atoms with van der Waals surface area (Å²) in [7, 11) is 0. The predicted molar refractivity (Wildman–Crippen MR) is 97.1 cm³/mol. The van der Waals surface area contributed by atoms with E-state index in [1.54, 1.807) is 30.3 Å². The first-order valence-corrected chi connectivity index (χ1v) is 7.71. The van der Waals surface area contributed by atoms with Gasteiger partial charge < -0.3 is 20.8 Å². The lowest BCUT2D eigenvalue weighted by atomic mass is 10.1. The van der Waals surface area contributed by atoms with E-state index in [2.05, 4.69) is 10.6 Å². The predicted octanol–water partition coefficient (Wildman–Crippen LogP) is 2.47. The first kappa shape index (κ1) is 19.2. The molecular formula is C19H15N3O5. The van der Waals surface area contributed by atoms with E-state index < -0.39 is 17.8 Å². The molecule has 0 radical (unpaired) electrons. The maximum atomic E-state index is 12.2. The van der Waals surface area contributed by atoms with Gasteiger partial charge in [0.2, 0.25) is 0 Å². The molecule has 0 aliphatic carbocycles. The summed E-state index contributed by atoms with van der Waals surface area (Å²) in [5, 5.41) is 32.1. The van der Waals surface area contributed by atoms with Crippen molar-refractivity contribution in [3.05, 3.63) is 71.4 Å². The molecule has 0 saturated carbocycles. The first-order valence-electron chi connectivity index (χ1n) is 7.71. The van der Waals surface area contributed by atoms with Crippen LogP contribution in [0.3, 0.4) is 0 Å². The van der Waals surface area contributed by atoms with E-state index >= 15 is 0 Å². The highest BCUT2D eigenvalue weighted by molar-refractivity contribution is 6.07. The van der Waals surface area contributed by atoms with Crippen molar-refractivity contribution in [1.29, 1.82) is 5.26 Å². The largest absolute Gasteiger partial charge is 0.481 e. The average molecular weight is 365 g/mol. The Morgan fingerprint density at radius 1 is 1.04 bits per heavy atom. The summed E-state index contributed by atoms with van der Waals surface area (Å²) in [4.78, 5) is 33.8. The Balaban J connectivity index is 2.06. The van der Waals surface area contributed by atoms with Crippen molar-refractivity contribution in [2.75, 3.05) is 10.6 Å². The minimum Gasteiger partial charge on any atom is -0.481 e. The number of carbonyl (C=O) groups excluding carboxylic acids is 1. The normalized spacial score (nSPS) is 10.6. The topological polar surface area (TPSA) is 140 Å². The third-order valence-electron chi connectivity index (χ3n) is 3.42. The van der Waals surface area contributed by atoms with Gasteiger partial charge in [0.15, 0.2) is 0 Å². The highest BCUT2D eigenvalue weighted by Crippen LogP contribution is 2.13. The fraction of sp³-hybridized carbons (Fsp3) is 0.0526. The van der Waals surface area contributed by atoms with E-state index in [0.29, 0.717) is 11.3 Å². The number of aromatic carboxylic acids is 1. The van der Waals surface area contributed by atoms with Crippen LogP contribution >= 0.6 is 0 Å². The molecule has 8 heteroatoms. The molecule has 27 heavy (non-hydrogen) atoms. The van der Waals surface area contributed by atoms with Gasteiger partial charge in [-0.15, -0.1) is 0 Å². The van der Waals surface area contributed by atoms with Crippen LogP contribution in [0.1, 0.15) is 15.9 Å². The average Bonchev–Trinajstić information content (AvgIpc) is 2.63. The summed E-state index contributed by atoms with van der Waals surface area (Å²) in [5.41, 5.74) is 1.23. The number of carbonyl (C=O) groups is 3. The molecule has 0 heterocycles. The second-order valence-electron chi connectivity index (χ2n) is 5.42. The van der Waals surface area contributed by atoms with Gasteiger partial charge in [-0.1, -0.05) is 18.2 Å². The second kappa shape index (κ2) is 8.82. The molecule has 0 fully saturated rings. The Labute approximate surface area is 154 Å². The molecule has 2 rings (SSSR count). The third-order valence-corrected chi connectivity index (χ3v) is 3.42. The quantitative estimate of drug-likeness (QED) is 0.436. The molecule has 0 saturated heterocycles. The number of amides is 1. The molecule has 0 spiro atoms. The van der Waals surface area contributed by atoms with Crippen molar-refractivity contribution >= 4 is 29.2 Å². The maximum absolute atomic E-state index is 12.2. The zero-order valence-electron chi connectivity index (χ0n) is 14.0. The van der Waals surface area contributed by atoms with E-state index in [-0.39, 0.29) is 23.2 Å². The van der Waals surface area contributed by atoms with E-state index in [1.165, 1.54) is 30.5 Å². The molecule has 0 atom stereocenters. The number of hydrogen-bond donors (Lipinski definition) is 4. The third kappa shape index (κ3) is 5.72. The van der Waals surface area contributed by atoms with Crippen molar-refractivity contribution in [1.82, 2.24) is 0 Å². The number of carboxylic acids is 2. The number of hydrogen-bond acceptors (Lipinski definition) is 5. The van der Waals surface area contributed by atoms with E-state index in [0.717, 1.165) is 0 Å². The molecule has 2 aromatic carbocycles. The van der Waals surface area contributed by atoms with Gasteiger partial charge >= 0.3 is 11.9 Å². The van der Waals surface area contributed by atoms with E-state index in [9.17, 15) is 14.4 Å². The molecular weight excluding hydrogens is 350 g/mol. The molecule has 2 aromatic rings. The molecule has 1 amide bonds. The number of nitrogens with one attached hydrogen (secondary N) is 2. The van der Waals surface area contributed by atoms with Crippen molar-refractivity contribution in [2.24, 2.45) is 0 Å². The zero-order valence-corrected chi connectivity index (χ0v) is 14.0. The van der Waals surface area contributed by atoms with Crippen LogP contribution in [-0.2, 0) is 16.0 Å². The molecule has 8 nitrogen and oxygen atoms in total. The number of nitrogens with zero attached hydrogens (tertiary/aromatic N) is 1. The molecule has 136 valence electrons. The molecule has 0 aliphatic rings. The number of anilines is 2. The van der Waals surface area contributed by atoms with Crippen LogP contribution in [0.2, 0.25) is 0 Å². The van der Waals surface area contributed by atoms with Gasteiger partial charge in [-0.2, -0.15) is 5.26 Å². The standard InChI is InChI=1S/C19H15N3O5/c20-10-14(11-21-15-6-4-12(5-7-15)8-17(23)24)18(25)22-16-3-1-2-13(9-16)19(26)27/h1-7,9,11,21H,8H2,(H,22,25)(H,23,24)(H,26,27)/b14-11-. The van der Waals surface area contributed by atoms with Crippen LogP contribution in [0.4, 0.5) is 11.4 Å². The minimum atomic E-state index is -1.13. The molecule has 0 bridgehead atoms. The number of benzene rings is 2. The second-order valence-corrected chi connectivity index (χ2v) is 5.42. The molecule has 0 aromatic heterocycles. The molecule has 4 N–H and O–H groups in total. The van der Waals surface area contributed by atoms with Gasteiger partial charge in [0.05, 0.1) is 12.0 Å². The van der Waals surface area contributed by atoms with Crippen molar-refractivity contribution in [2.45, 2.75) is 6.42 Å². The van der Waals surface area contributed by atoms with Gasteiger partial charge in [0.25, 0.3) is 5.91 Å². The molecule has 0 unspecified atom stereocenters. The Morgan fingerprint density at radius 3 is 2.33 bits per heavy atom. The van der Waals surface area contributed by atoms with Crippen LogP contribution in [-0.4, -0.2) is 28.1 Å². The van der Waals surface area contributed by atoms with Gasteiger partial charge in [-0.25, -0.2) is 4.79 Å². The van der Waals surface area contributed by atoms with E-state index in [1.807, 2.05) is 0 Å². The summed E-state index contributed by atoms with van der Waals surface area (Å²) in [5.74, 6) is -2.77. The Hall–Kier alpha value is -4.12. The summed E-state index contributed by atoms with van der Waals surface area (Å²) >= 11 is 0. The fourth-order valence-electron chi connectivity index (χ4n) is 2.13. The maximum Gasteiger partial charge on any atom is 0.335 e. The summed E-state index contributed by atoms with van der Waals surface area (Å²) in [6, 6.07) is 13.9. The van der Waals surface area contributed by atoms with Gasteiger partial charge in [-0.05, 0) is 35.9 Å². The highest BCUT2D eigenvalue weighted by Gasteiger charge is 2.11. The highest BCUT2D eigenvalue weighted by atomic mass is 16.4. The van der Waals surface area contributed by atoms with E-state index in [4.69, 9.17) is 15.5 Å². The lowest BCUT2D eigenvalue weighted by Crippen LogP contribution is -2.15. The van der Waals surface area contributed by atoms with Crippen molar-refractivity contribution in [3.8, 4) is 6.07 Å². The SMILES string of the molecule is N#C/C(=C/Nc1ccc(CC(=O)O)cc1)C(=O)Nc1cccc(C(=O)O)c1. The van der Waals surface area contributed by atoms with Crippen molar-refractivity contribution in [3.63, 3.8) is 0 Å². The lowest BCUT2D eigenvalue weighted by molar-refractivity contribution is -0.136. The first-order chi connectivity index (χ1) is 12.9. The van der Waals surface area contributed by atoms with Gasteiger partial charge in [-0.3, -0.25) is 9.59 Å². The number of rotatable bonds is 7. The Kier molecular flexibility index (Phi) is 6.28. The summed E-state index contributed by atoms with van der Waals surface area (Å²) < 4.78 is 0. The zero-order chi connectivity index (χ0) is 19.8. The smallest absolute Gasteiger partial charge is 0.335 e. The summed E-state index contributed by atoms with van der Waals surface area (Å²) in [6.07, 6.45) is 1.11. The van der Waals surface area contributed by atoms with Crippen LogP contribution < -0.4 is 10.6 Å². The van der Waals surface area contributed by atoms with Crippen LogP contribution in [0.15, 0.2) is 60.3 Å².